The molecule has 0 heterocycles. The lowest BCUT2D eigenvalue weighted by molar-refractivity contribution is -0.110. The van der Waals surface area contributed by atoms with Crippen molar-refractivity contribution in [2.24, 2.45) is 16.7 Å². The Morgan fingerprint density at radius 1 is 1.58 bits per heavy atom. The number of hydrogen-bond acceptors (Lipinski definition) is 1. The molecule has 0 aromatic rings. The van der Waals surface area contributed by atoms with Gasteiger partial charge in [0.25, 0.3) is 0 Å². The third-order valence-electron chi connectivity index (χ3n) is 4.30. The molecule has 0 radical (unpaired) electrons. The molecule has 0 saturated heterocycles. The third kappa shape index (κ3) is 0.720. The zero-order chi connectivity index (χ0) is 8.82. The molecular formula is C11H16O. The Hall–Kier alpha value is -0.590. The Morgan fingerprint density at radius 2 is 2.33 bits per heavy atom. The fraction of sp³-hybridized carbons (Fsp3) is 0.727. The van der Waals surface area contributed by atoms with E-state index in [0.29, 0.717) is 11.3 Å². The SMILES string of the molecule is CC12C=CC(CC1)C2(C)CC=O. The molecule has 1 fully saturated rings. The molecule has 66 valence electrons. The topological polar surface area (TPSA) is 17.1 Å². The summed E-state index contributed by atoms with van der Waals surface area (Å²) in [4.78, 5) is 10.6. The number of aldehydes is 1. The van der Waals surface area contributed by atoms with E-state index in [1.54, 1.807) is 0 Å². The second kappa shape index (κ2) is 2.21. The van der Waals surface area contributed by atoms with Gasteiger partial charge in [0.15, 0.2) is 0 Å². The third-order valence-corrected chi connectivity index (χ3v) is 4.30. The van der Waals surface area contributed by atoms with Crippen molar-refractivity contribution in [3.05, 3.63) is 12.2 Å². The summed E-state index contributed by atoms with van der Waals surface area (Å²) >= 11 is 0. The molecule has 3 unspecified atom stereocenters. The molecule has 0 amide bonds. The average Bonchev–Trinajstić information content (AvgIpc) is 2.39. The molecule has 2 bridgehead atoms. The zero-order valence-corrected chi connectivity index (χ0v) is 7.84. The van der Waals surface area contributed by atoms with Crippen molar-refractivity contribution in [3.63, 3.8) is 0 Å². The lowest BCUT2D eigenvalue weighted by Gasteiger charge is -2.36. The Labute approximate surface area is 73.8 Å². The first-order valence-electron chi connectivity index (χ1n) is 4.75. The Morgan fingerprint density at radius 3 is 2.67 bits per heavy atom. The van der Waals surface area contributed by atoms with Gasteiger partial charge < -0.3 is 4.79 Å². The van der Waals surface area contributed by atoms with Crippen LogP contribution in [0.5, 0.6) is 0 Å². The maximum absolute atomic E-state index is 10.6. The van der Waals surface area contributed by atoms with Gasteiger partial charge in [-0.1, -0.05) is 26.0 Å². The Balaban J connectivity index is 2.34. The summed E-state index contributed by atoms with van der Waals surface area (Å²) in [5.74, 6) is 0.660. The normalized spacial score (nSPS) is 50.0. The summed E-state index contributed by atoms with van der Waals surface area (Å²) in [7, 11) is 0. The number of carbonyl (C=O) groups excluding carboxylic acids is 1. The van der Waals surface area contributed by atoms with E-state index in [1.165, 1.54) is 12.8 Å². The van der Waals surface area contributed by atoms with Crippen LogP contribution in [0.1, 0.15) is 33.1 Å². The predicted octanol–water partition coefficient (Wildman–Crippen LogP) is 2.57. The molecule has 1 heteroatoms. The maximum atomic E-state index is 10.6. The first-order chi connectivity index (χ1) is 5.62. The number of allylic oxidation sites excluding steroid dienone is 2. The van der Waals surface area contributed by atoms with E-state index >= 15 is 0 Å². The standard InChI is InChI=1S/C11H16O/c1-10-5-3-9(4-6-10)11(10,2)7-8-12/h3,5,8-9H,4,6-7H2,1-2H3. The van der Waals surface area contributed by atoms with Gasteiger partial charge in [-0.05, 0) is 29.6 Å². The molecule has 2 aliphatic rings. The smallest absolute Gasteiger partial charge is 0.120 e. The molecule has 1 saturated carbocycles. The van der Waals surface area contributed by atoms with Crippen LogP contribution >= 0.6 is 0 Å². The highest BCUT2D eigenvalue weighted by Gasteiger charge is 2.55. The Kier molecular flexibility index (Phi) is 1.48. The fourth-order valence-electron chi connectivity index (χ4n) is 2.95. The van der Waals surface area contributed by atoms with Gasteiger partial charge in [0, 0.05) is 6.42 Å². The van der Waals surface area contributed by atoms with Crippen molar-refractivity contribution < 1.29 is 4.79 Å². The summed E-state index contributed by atoms with van der Waals surface area (Å²) < 4.78 is 0. The van der Waals surface area contributed by atoms with Gasteiger partial charge in [-0.3, -0.25) is 0 Å². The van der Waals surface area contributed by atoms with Gasteiger partial charge in [0.05, 0.1) is 0 Å². The highest BCUT2D eigenvalue weighted by atomic mass is 16.1. The average molecular weight is 164 g/mol. The quantitative estimate of drug-likeness (QED) is 0.453. The van der Waals surface area contributed by atoms with Crippen molar-refractivity contribution in [2.75, 3.05) is 0 Å². The molecule has 0 aliphatic heterocycles. The monoisotopic (exact) mass is 164 g/mol. The summed E-state index contributed by atoms with van der Waals surface area (Å²) in [5, 5.41) is 0. The van der Waals surface area contributed by atoms with Crippen molar-refractivity contribution in [3.8, 4) is 0 Å². The number of rotatable bonds is 2. The van der Waals surface area contributed by atoms with Crippen LogP contribution < -0.4 is 0 Å². The van der Waals surface area contributed by atoms with E-state index in [4.69, 9.17) is 0 Å². The van der Waals surface area contributed by atoms with Gasteiger partial charge in [-0.15, -0.1) is 0 Å². The van der Waals surface area contributed by atoms with Crippen LogP contribution in [-0.2, 0) is 4.79 Å². The van der Waals surface area contributed by atoms with Crippen LogP contribution in [0, 0.1) is 16.7 Å². The van der Waals surface area contributed by atoms with Crippen LogP contribution in [0.15, 0.2) is 12.2 Å². The molecule has 12 heavy (non-hydrogen) atoms. The van der Waals surface area contributed by atoms with E-state index in [-0.39, 0.29) is 5.41 Å². The highest BCUT2D eigenvalue weighted by Crippen LogP contribution is 2.63. The lowest BCUT2D eigenvalue weighted by atomic mass is 9.67. The molecule has 0 aromatic carbocycles. The Bertz CT molecular complexity index is 243. The minimum absolute atomic E-state index is 0.231. The molecular weight excluding hydrogens is 148 g/mol. The minimum atomic E-state index is 0.231. The summed E-state index contributed by atoms with van der Waals surface area (Å²) in [6.45, 7) is 4.55. The molecule has 2 rings (SSSR count). The second-order valence-electron chi connectivity index (χ2n) is 4.71. The molecule has 3 atom stereocenters. The van der Waals surface area contributed by atoms with Crippen LogP contribution in [0.25, 0.3) is 0 Å². The largest absolute Gasteiger partial charge is 0.303 e. The van der Waals surface area contributed by atoms with Crippen LogP contribution in [0.4, 0.5) is 0 Å². The molecule has 2 aliphatic carbocycles. The molecule has 1 nitrogen and oxygen atoms in total. The van der Waals surface area contributed by atoms with E-state index in [0.717, 1.165) is 12.7 Å². The van der Waals surface area contributed by atoms with Gasteiger partial charge in [0.2, 0.25) is 0 Å². The molecule has 0 N–H and O–H groups in total. The summed E-state index contributed by atoms with van der Waals surface area (Å²) in [5.41, 5.74) is 0.535. The lowest BCUT2D eigenvalue weighted by Crippen LogP contribution is -2.31. The van der Waals surface area contributed by atoms with Gasteiger partial charge in [-0.25, -0.2) is 0 Å². The van der Waals surface area contributed by atoms with Crippen LogP contribution in [0.3, 0.4) is 0 Å². The molecule has 0 aromatic heterocycles. The highest BCUT2D eigenvalue weighted by molar-refractivity contribution is 5.52. The first kappa shape index (κ1) is 8.03. The number of fused-ring (bicyclic) bond motifs is 2. The van der Waals surface area contributed by atoms with E-state index in [2.05, 4.69) is 26.0 Å². The second-order valence-corrected chi connectivity index (χ2v) is 4.71. The molecule has 0 spiro atoms. The summed E-state index contributed by atoms with van der Waals surface area (Å²) in [6.07, 6.45) is 8.98. The summed E-state index contributed by atoms with van der Waals surface area (Å²) in [6, 6.07) is 0. The zero-order valence-electron chi connectivity index (χ0n) is 7.84. The van der Waals surface area contributed by atoms with Crippen molar-refractivity contribution in [2.45, 2.75) is 33.1 Å². The first-order valence-corrected chi connectivity index (χ1v) is 4.75. The van der Waals surface area contributed by atoms with Crippen molar-refractivity contribution >= 4 is 6.29 Å². The van der Waals surface area contributed by atoms with Gasteiger partial charge in [0.1, 0.15) is 6.29 Å². The van der Waals surface area contributed by atoms with E-state index in [9.17, 15) is 4.79 Å². The van der Waals surface area contributed by atoms with Gasteiger partial charge in [-0.2, -0.15) is 0 Å². The predicted molar refractivity (Wildman–Crippen MR) is 48.8 cm³/mol. The minimum Gasteiger partial charge on any atom is -0.303 e. The number of carbonyl (C=O) groups is 1. The van der Waals surface area contributed by atoms with Crippen LogP contribution in [0.2, 0.25) is 0 Å². The van der Waals surface area contributed by atoms with Crippen LogP contribution in [-0.4, -0.2) is 6.29 Å². The van der Waals surface area contributed by atoms with Gasteiger partial charge >= 0.3 is 0 Å². The fourth-order valence-corrected chi connectivity index (χ4v) is 2.95. The van der Waals surface area contributed by atoms with E-state index in [1.807, 2.05) is 0 Å². The maximum Gasteiger partial charge on any atom is 0.120 e. The van der Waals surface area contributed by atoms with E-state index < -0.39 is 0 Å². The number of hydrogen-bond donors (Lipinski definition) is 0. The van der Waals surface area contributed by atoms with Crippen molar-refractivity contribution in [1.82, 2.24) is 0 Å². The van der Waals surface area contributed by atoms with Crippen molar-refractivity contribution in [1.29, 1.82) is 0 Å².